The van der Waals surface area contributed by atoms with Gasteiger partial charge in [-0.3, -0.25) is 0 Å². The van der Waals surface area contributed by atoms with E-state index in [-0.39, 0.29) is 0 Å². The Morgan fingerprint density at radius 2 is 2.07 bits per heavy atom. The first-order valence-corrected chi connectivity index (χ1v) is 4.78. The van der Waals surface area contributed by atoms with Crippen LogP contribution in [0.3, 0.4) is 0 Å². The number of rotatable bonds is 2. The topological polar surface area (TPSA) is 47.6 Å². The van der Waals surface area contributed by atoms with Crippen molar-refractivity contribution in [3.05, 3.63) is 28.8 Å². The van der Waals surface area contributed by atoms with Crippen LogP contribution in [0.15, 0.2) is 17.2 Å². The summed E-state index contributed by atoms with van der Waals surface area (Å²) in [5.74, 6) is 6.00. The van der Waals surface area contributed by atoms with Crippen LogP contribution in [0.1, 0.15) is 23.1 Å². The molecule has 0 spiro atoms. The van der Waals surface area contributed by atoms with Gasteiger partial charge in [-0.05, 0) is 42.5 Å². The number of fused-ring (bicyclic) bond motifs is 1. The van der Waals surface area contributed by atoms with Gasteiger partial charge in [-0.1, -0.05) is 0 Å². The molecular weight excluding hydrogens is 176 g/mol. The summed E-state index contributed by atoms with van der Waals surface area (Å²) in [6.07, 6.45) is 5.19. The highest BCUT2D eigenvalue weighted by molar-refractivity contribution is 5.84. The molecule has 0 unspecified atom stereocenters. The van der Waals surface area contributed by atoms with Crippen LogP contribution in [0.2, 0.25) is 0 Å². The van der Waals surface area contributed by atoms with Gasteiger partial charge in [0.05, 0.1) is 13.3 Å². The monoisotopic (exact) mass is 190 g/mol. The van der Waals surface area contributed by atoms with Crippen LogP contribution < -0.4 is 10.6 Å². The zero-order valence-electron chi connectivity index (χ0n) is 8.29. The maximum absolute atomic E-state index is 5.28. The number of hydrogen-bond acceptors (Lipinski definition) is 3. The summed E-state index contributed by atoms with van der Waals surface area (Å²) in [6.45, 7) is 0. The molecule has 1 aromatic carbocycles. The van der Waals surface area contributed by atoms with Gasteiger partial charge < -0.3 is 10.6 Å². The van der Waals surface area contributed by atoms with Crippen LogP contribution in [-0.2, 0) is 12.8 Å². The molecule has 2 rings (SSSR count). The standard InChI is InChI=1S/C11H14N2O/c1-14-11-6-9-4-2-3-8(9)5-10(11)7-13-12/h5-7H,2-4,12H2,1H3. The van der Waals surface area contributed by atoms with E-state index in [0.717, 1.165) is 24.2 Å². The smallest absolute Gasteiger partial charge is 0.127 e. The largest absolute Gasteiger partial charge is 0.496 e. The first-order chi connectivity index (χ1) is 6.85. The summed E-state index contributed by atoms with van der Waals surface area (Å²) in [5, 5.41) is 3.54. The van der Waals surface area contributed by atoms with Gasteiger partial charge in [-0.15, -0.1) is 0 Å². The van der Waals surface area contributed by atoms with E-state index in [1.165, 1.54) is 17.5 Å². The molecule has 0 amide bonds. The van der Waals surface area contributed by atoms with Crippen molar-refractivity contribution in [3.63, 3.8) is 0 Å². The molecule has 0 heterocycles. The Kier molecular flexibility index (Phi) is 2.39. The summed E-state index contributed by atoms with van der Waals surface area (Å²) < 4.78 is 5.28. The lowest BCUT2D eigenvalue weighted by Crippen LogP contribution is -1.95. The van der Waals surface area contributed by atoms with E-state index >= 15 is 0 Å². The van der Waals surface area contributed by atoms with E-state index in [9.17, 15) is 0 Å². The van der Waals surface area contributed by atoms with Gasteiger partial charge in [0.2, 0.25) is 0 Å². The van der Waals surface area contributed by atoms with E-state index in [0.29, 0.717) is 0 Å². The van der Waals surface area contributed by atoms with Crippen LogP contribution in [-0.4, -0.2) is 13.3 Å². The van der Waals surface area contributed by atoms with Gasteiger partial charge in [0, 0.05) is 5.56 Å². The van der Waals surface area contributed by atoms with Crippen molar-refractivity contribution in [3.8, 4) is 5.75 Å². The van der Waals surface area contributed by atoms with Crippen molar-refractivity contribution < 1.29 is 4.74 Å². The van der Waals surface area contributed by atoms with Gasteiger partial charge >= 0.3 is 0 Å². The molecule has 0 saturated heterocycles. The number of methoxy groups -OCH3 is 1. The summed E-state index contributed by atoms with van der Waals surface area (Å²) in [6, 6.07) is 4.22. The van der Waals surface area contributed by atoms with Crippen LogP contribution in [0.5, 0.6) is 5.75 Å². The highest BCUT2D eigenvalue weighted by Crippen LogP contribution is 2.28. The molecule has 2 N–H and O–H groups in total. The van der Waals surface area contributed by atoms with Crippen molar-refractivity contribution in [1.82, 2.24) is 0 Å². The van der Waals surface area contributed by atoms with Crippen molar-refractivity contribution in [1.29, 1.82) is 0 Å². The molecule has 74 valence electrons. The highest BCUT2D eigenvalue weighted by atomic mass is 16.5. The van der Waals surface area contributed by atoms with Crippen LogP contribution in [0.4, 0.5) is 0 Å². The fourth-order valence-electron chi connectivity index (χ4n) is 1.98. The van der Waals surface area contributed by atoms with E-state index in [1.807, 2.05) is 0 Å². The Balaban J connectivity index is 2.48. The Bertz CT molecular complexity index is 372. The van der Waals surface area contributed by atoms with Gasteiger partial charge in [0.25, 0.3) is 0 Å². The summed E-state index contributed by atoms with van der Waals surface area (Å²) in [4.78, 5) is 0. The number of benzene rings is 1. The molecule has 1 aliphatic carbocycles. The lowest BCUT2D eigenvalue weighted by Gasteiger charge is -2.07. The van der Waals surface area contributed by atoms with Crippen molar-refractivity contribution in [2.24, 2.45) is 10.9 Å². The predicted molar refractivity (Wildman–Crippen MR) is 56.8 cm³/mol. The number of nitrogens with two attached hydrogens (primary N) is 1. The lowest BCUT2D eigenvalue weighted by atomic mass is 10.1. The molecule has 1 aliphatic rings. The van der Waals surface area contributed by atoms with Gasteiger partial charge in [0.15, 0.2) is 0 Å². The van der Waals surface area contributed by atoms with Gasteiger partial charge in [-0.25, -0.2) is 0 Å². The van der Waals surface area contributed by atoms with Crippen LogP contribution >= 0.6 is 0 Å². The zero-order chi connectivity index (χ0) is 9.97. The van der Waals surface area contributed by atoms with E-state index in [2.05, 4.69) is 17.2 Å². The highest BCUT2D eigenvalue weighted by Gasteiger charge is 2.13. The molecule has 0 radical (unpaired) electrons. The number of hydrogen-bond donors (Lipinski definition) is 1. The number of hydrazone groups is 1. The molecule has 0 aliphatic heterocycles. The molecule has 0 bridgehead atoms. The zero-order valence-corrected chi connectivity index (χ0v) is 8.29. The minimum atomic E-state index is 0.861. The van der Waals surface area contributed by atoms with E-state index in [4.69, 9.17) is 10.6 Å². The van der Waals surface area contributed by atoms with Crippen molar-refractivity contribution >= 4 is 6.21 Å². The van der Waals surface area contributed by atoms with Crippen molar-refractivity contribution in [2.75, 3.05) is 7.11 Å². The molecule has 3 heteroatoms. The molecule has 3 nitrogen and oxygen atoms in total. The van der Waals surface area contributed by atoms with Gasteiger partial charge in [-0.2, -0.15) is 5.10 Å². The Morgan fingerprint density at radius 3 is 2.71 bits per heavy atom. The molecule has 14 heavy (non-hydrogen) atoms. The predicted octanol–water partition coefficient (Wildman–Crippen LogP) is 1.48. The molecule has 1 aromatic rings. The third-order valence-corrected chi connectivity index (χ3v) is 2.66. The minimum absolute atomic E-state index is 0.861. The van der Waals surface area contributed by atoms with E-state index in [1.54, 1.807) is 13.3 Å². The second-order valence-corrected chi connectivity index (χ2v) is 3.49. The third-order valence-electron chi connectivity index (χ3n) is 2.66. The Labute approximate surface area is 83.6 Å². The Hall–Kier alpha value is -1.51. The minimum Gasteiger partial charge on any atom is -0.496 e. The molecule has 0 atom stereocenters. The fraction of sp³-hybridized carbons (Fsp3) is 0.364. The fourth-order valence-corrected chi connectivity index (χ4v) is 1.98. The third kappa shape index (κ3) is 1.45. The maximum atomic E-state index is 5.28. The molecule has 0 saturated carbocycles. The first-order valence-electron chi connectivity index (χ1n) is 4.78. The summed E-state index contributed by atoms with van der Waals surface area (Å²) >= 11 is 0. The average molecular weight is 190 g/mol. The molecule has 0 fully saturated rings. The Morgan fingerprint density at radius 1 is 1.36 bits per heavy atom. The summed E-state index contributed by atoms with van der Waals surface area (Å²) in [7, 11) is 1.67. The quantitative estimate of drug-likeness (QED) is 0.436. The normalized spacial score (nSPS) is 14.6. The van der Waals surface area contributed by atoms with Crippen LogP contribution in [0, 0.1) is 0 Å². The van der Waals surface area contributed by atoms with E-state index < -0.39 is 0 Å². The first kappa shape index (κ1) is 9.06. The SMILES string of the molecule is COc1cc2c(cc1C=NN)CCC2. The molecular formula is C11H14N2O. The lowest BCUT2D eigenvalue weighted by molar-refractivity contribution is 0.413. The number of aryl methyl sites for hydroxylation is 2. The average Bonchev–Trinajstić information content (AvgIpc) is 2.64. The van der Waals surface area contributed by atoms with Crippen molar-refractivity contribution in [2.45, 2.75) is 19.3 Å². The number of ether oxygens (including phenoxy) is 1. The van der Waals surface area contributed by atoms with Crippen LogP contribution in [0.25, 0.3) is 0 Å². The van der Waals surface area contributed by atoms with Gasteiger partial charge in [0.1, 0.15) is 5.75 Å². The number of nitrogens with zero attached hydrogens (tertiary/aromatic N) is 1. The summed E-state index contributed by atoms with van der Waals surface area (Å²) in [5.41, 5.74) is 3.77. The maximum Gasteiger partial charge on any atom is 0.127 e. The second kappa shape index (κ2) is 3.70. The second-order valence-electron chi connectivity index (χ2n) is 3.49. The molecule has 0 aromatic heterocycles.